The molecule has 3 unspecified atom stereocenters. The smallest absolute Gasteiger partial charge is 0.261 e. The van der Waals surface area contributed by atoms with Crippen molar-refractivity contribution in [1.82, 2.24) is 9.80 Å². The average molecular weight is 416 g/mol. The number of benzene rings is 1. The van der Waals surface area contributed by atoms with E-state index in [1.54, 1.807) is 17.8 Å². The van der Waals surface area contributed by atoms with Crippen molar-refractivity contribution in [1.29, 1.82) is 5.26 Å². The molecule has 1 aliphatic carbocycles. The highest BCUT2D eigenvalue weighted by Gasteiger charge is 2.60. The molecule has 3 aliphatic rings. The van der Waals surface area contributed by atoms with Crippen LogP contribution in [0, 0.1) is 16.7 Å². The van der Waals surface area contributed by atoms with Crippen LogP contribution in [0.1, 0.15) is 56.3 Å². The molecule has 0 N–H and O–H groups in total. The lowest BCUT2D eigenvalue weighted by Crippen LogP contribution is -2.59. The minimum absolute atomic E-state index is 0.0613. The van der Waals surface area contributed by atoms with E-state index in [1.165, 1.54) is 33.7 Å². The molecule has 1 aromatic rings. The van der Waals surface area contributed by atoms with Crippen LogP contribution in [0.25, 0.3) is 0 Å². The number of hydrogen-bond acceptors (Lipinski definition) is 5. The summed E-state index contributed by atoms with van der Waals surface area (Å²) in [5.41, 5.74) is 3.12. The van der Waals surface area contributed by atoms with Gasteiger partial charge in [0.1, 0.15) is 0 Å². The highest BCUT2D eigenvalue weighted by molar-refractivity contribution is 8.77. The monoisotopic (exact) mass is 415 g/mol. The molecule has 0 spiro atoms. The zero-order valence-corrected chi connectivity index (χ0v) is 18.3. The second kappa shape index (κ2) is 6.70. The van der Waals surface area contributed by atoms with Crippen molar-refractivity contribution < 1.29 is 9.59 Å². The summed E-state index contributed by atoms with van der Waals surface area (Å²) in [6.45, 7) is 5.26. The number of carbonyl (C=O) groups is 2. The van der Waals surface area contributed by atoms with Crippen LogP contribution in [0.2, 0.25) is 0 Å². The van der Waals surface area contributed by atoms with Gasteiger partial charge in [0.05, 0.1) is 22.9 Å². The Bertz CT molecular complexity index is 898. The molecule has 1 aromatic carbocycles. The van der Waals surface area contributed by atoms with E-state index in [9.17, 15) is 14.9 Å². The van der Waals surface area contributed by atoms with Crippen molar-refractivity contribution in [3.8, 4) is 6.07 Å². The number of aryl methyl sites for hydroxylation is 2. The Morgan fingerprint density at radius 3 is 2.71 bits per heavy atom. The van der Waals surface area contributed by atoms with Gasteiger partial charge in [0, 0.05) is 14.0 Å². The summed E-state index contributed by atoms with van der Waals surface area (Å²) in [5.74, 6) is -0.220. The van der Waals surface area contributed by atoms with Crippen LogP contribution in [-0.2, 0) is 22.4 Å². The Labute approximate surface area is 174 Å². The standard InChI is InChI=1S/C21H25N3O2S2/c1-13(25)23(4)21(3)19(26)24-17(27-28-21)11-20(2,12-22)18(24)16-9-8-14-6-5-7-15(14)10-16/h8-10,17-18H,5-7,11H2,1-4H3/t17?,18?,20-,21?/m1/s1. The normalized spacial score (nSPS) is 34.0. The lowest BCUT2D eigenvalue weighted by atomic mass is 9.79. The van der Waals surface area contributed by atoms with Crippen LogP contribution in [0.3, 0.4) is 0 Å². The third-order valence-electron chi connectivity index (χ3n) is 6.55. The molecule has 2 amide bonds. The van der Waals surface area contributed by atoms with E-state index >= 15 is 0 Å². The van der Waals surface area contributed by atoms with Crippen molar-refractivity contribution in [3.63, 3.8) is 0 Å². The Kier molecular flexibility index (Phi) is 4.71. The Hall–Kier alpha value is -1.65. The number of carbonyl (C=O) groups excluding carboxylic acids is 2. The summed E-state index contributed by atoms with van der Waals surface area (Å²) in [4.78, 5) is 28.2. The number of rotatable bonds is 2. The second-order valence-electron chi connectivity index (χ2n) is 8.43. The van der Waals surface area contributed by atoms with E-state index in [-0.39, 0.29) is 23.2 Å². The van der Waals surface area contributed by atoms with Gasteiger partial charge in [0.25, 0.3) is 5.91 Å². The predicted molar refractivity (Wildman–Crippen MR) is 112 cm³/mol. The van der Waals surface area contributed by atoms with Gasteiger partial charge in [-0.15, -0.1) is 0 Å². The lowest BCUT2D eigenvalue weighted by Gasteiger charge is -2.46. The number of amides is 2. The maximum atomic E-state index is 13.7. The summed E-state index contributed by atoms with van der Waals surface area (Å²) in [5, 5.41) is 9.98. The maximum Gasteiger partial charge on any atom is 0.261 e. The van der Waals surface area contributed by atoms with Gasteiger partial charge < -0.3 is 9.80 Å². The van der Waals surface area contributed by atoms with Crippen LogP contribution < -0.4 is 0 Å². The lowest BCUT2D eigenvalue weighted by molar-refractivity contribution is -0.146. The van der Waals surface area contributed by atoms with Gasteiger partial charge in [-0.25, -0.2) is 0 Å². The van der Waals surface area contributed by atoms with Gasteiger partial charge >= 0.3 is 0 Å². The molecule has 7 heteroatoms. The zero-order chi connectivity index (χ0) is 20.3. The molecule has 4 atom stereocenters. The van der Waals surface area contributed by atoms with Crippen LogP contribution in [0.4, 0.5) is 0 Å². The molecule has 0 aromatic heterocycles. The quantitative estimate of drug-likeness (QED) is 0.686. The van der Waals surface area contributed by atoms with Gasteiger partial charge in [-0.05, 0) is 56.2 Å². The molecular formula is C21H25N3O2S2. The molecule has 5 nitrogen and oxygen atoms in total. The first-order valence-corrected chi connectivity index (χ1v) is 11.9. The van der Waals surface area contributed by atoms with Crippen molar-refractivity contribution in [2.24, 2.45) is 5.41 Å². The van der Waals surface area contributed by atoms with Crippen LogP contribution in [0.15, 0.2) is 18.2 Å². The fourth-order valence-corrected chi connectivity index (χ4v) is 8.06. The van der Waals surface area contributed by atoms with Gasteiger partial charge in [0.15, 0.2) is 4.87 Å². The van der Waals surface area contributed by atoms with Crippen molar-refractivity contribution in [3.05, 3.63) is 34.9 Å². The Balaban J connectivity index is 1.78. The van der Waals surface area contributed by atoms with Crippen molar-refractivity contribution in [2.75, 3.05) is 7.05 Å². The molecule has 2 fully saturated rings. The number of nitriles is 1. The number of fused-ring (bicyclic) bond motifs is 2. The molecule has 0 bridgehead atoms. The van der Waals surface area contributed by atoms with E-state index in [1.807, 2.05) is 18.7 Å². The molecular weight excluding hydrogens is 390 g/mol. The highest BCUT2D eigenvalue weighted by atomic mass is 33.1. The van der Waals surface area contributed by atoms with E-state index in [4.69, 9.17) is 0 Å². The number of likely N-dealkylation sites (N-methyl/N-ethyl adjacent to an activating group) is 1. The number of nitrogens with zero attached hydrogens (tertiary/aromatic N) is 3. The average Bonchev–Trinajstić information content (AvgIpc) is 3.25. The predicted octanol–water partition coefficient (Wildman–Crippen LogP) is 3.89. The minimum atomic E-state index is -0.970. The Morgan fingerprint density at radius 1 is 1.32 bits per heavy atom. The fraction of sp³-hybridized carbons (Fsp3) is 0.571. The maximum absolute atomic E-state index is 13.7. The molecule has 2 heterocycles. The third-order valence-corrected chi connectivity index (χ3v) is 9.96. The van der Waals surface area contributed by atoms with Crippen molar-refractivity contribution >= 4 is 33.4 Å². The molecule has 2 saturated heterocycles. The van der Waals surface area contributed by atoms with Crippen LogP contribution >= 0.6 is 21.6 Å². The van der Waals surface area contributed by atoms with Gasteiger partial charge in [-0.2, -0.15) is 5.26 Å². The van der Waals surface area contributed by atoms with Gasteiger partial charge in [-0.1, -0.05) is 39.8 Å². The topological polar surface area (TPSA) is 64.4 Å². The molecule has 148 valence electrons. The first kappa shape index (κ1) is 19.7. The SMILES string of the molecule is CC(=O)N(C)C1(C)SSC2C[C@](C)(C#N)C(c3ccc4c(c3)CCC4)N2C1=O. The van der Waals surface area contributed by atoms with E-state index in [0.717, 1.165) is 24.8 Å². The first-order valence-electron chi connectivity index (χ1n) is 9.66. The van der Waals surface area contributed by atoms with E-state index < -0.39 is 10.3 Å². The summed E-state index contributed by atoms with van der Waals surface area (Å²) in [6, 6.07) is 8.69. The first-order chi connectivity index (χ1) is 13.2. The zero-order valence-electron chi connectivity index (χ0n) is 16.7. The van der Waals surface area contributed by atoms with Gasteiger partial charge in [-0.3, -0.25) is 9.59 Å². The van der Waals surface area contributed by atoms with Crippen molar-refractivity contribution in [2.45, 2.75) is 62.7 Å². The molecule has 0 radical (unpaired) electrons. The van der Waals surface area contributed by atoms with Gasteiger partial charge in [0.2, 0.25) is 5.91 Å². The van der Waals surface area contributed by atoms with Crippen LogP contribution in [0.5, 0.6) is 0 Å². The second-order valence-corrected chi connectivity index (χ2v) is 11.2. The van der Waals surface area contributed by atoms with E-state index in [0.29, 0.717) is 6.42 Å². The Morgan fingerprint density at radius 2 is 2.04 bits per heavy atom. The molecule has 28 heavy (non-hydrogen) atoms. The molecule has 0 saturated carbocycles. The third kappa shape index (κ3) is 2.76. The summed E-state index contributed by atoms with van der Waals surface area (Å²) >= 11 is 0. The highest BCUT2D eigenvalue weighted by Crippen LogP contribution is 2.60. The summed E-state index contributed by atoms with van der Waals surface area (Å²) < 4.78 is 0. The molecule has 2 aliphatic heterocycles. The van der Waals surface area contributed by atoms with Crippen LogP contribution in [-0.4, -0.2) is 38.9 Å². The molecule has 4 rings (SSSR count). The fourth-order valence-electron chi connectivity index (χ4n) is 4.70. The summed E-state index contributed by atoms with van der Waals surface area (Å²) in [6.07, 6.45) is 3.97. The summed E-state index contributed by atoms with van der Waals surface area (Å²) in [7, 11) is 4.72. The minimum Gasteiger partial charge on any atom is -0.322 e. The largest absolute Gasteiger partial charge is 0.322 e. The van der Waals surface area contributed by atoms with E-state index in [2.05, 4.69) is 24.3 Å². The number of hydrogen-bond donors (Lipinski definition) is 0.